The topological polar surface area (TPSA) is 57.3 Å². The van der Waals surface area contributed by atoms with E-state index >= 15 is 0 Å². The zero-order valence-electron chi connectivity index (χ0n) is 11.5. The fraction of sp³-hybridized carbons (Fsp3) is 0.333. The van der Waals surface area contributed by atoms with Crippen molar-refractivity contribution in [1.29, 1.82) is 0 Å². The van der Waals surface area contributed by atoms with E-state index in [4.69, 9.17) is 4.74 Å². The lowest BCUT2D eigenvalue weighted by atomic mass is 9.99. The summed E-state index contributed by atoms with van der Waals surface area (Å²) in [7, 11) is 1.96. The second kappa shape index (κ2) is 4.67. The molecule has 0 amide bonds. The van der Waals surface area contributed by atoms with Crippen LogP contribution in [0.2, 0.25) is 0 Å². The molecule has 0 saturated heterocycles. The Morgan fingerprint density at radius 1 is 1.50 bits per heavy atom. The van der Waals surface area contributed by atoms with Crippen LogP contribution in [-0.4, -0.2) is 16.1 Å². The van der Waals surface area contributed by atoms with Crippen LogP contribution in [0.4, 0.5) is 0 Å². The predicted octanol–water partition coefficient (Wildman–Crippen LogP) is 3.14. The summed E-state index contributed by atoms with van der Waals surface area (Å²) in [5, 5.41) is 11.9. The van der Waals surface area contributed by atoms with Gasteiger partial charge in [0, 0.05) is 48.3 Å². The van der Waals surface area contributed by atoms with Gasteiger partial charge in [0.25, 0.3) is 0 Å². The summed E-state index contributed by atoms with van der Waals surface area (Å²) in [4.78, 5) is 10.5. The minimum absolute atomic E-state index is 0.145. The second-order valence-corrected chi connectivity index (χ2v) is 5.13. The number of allylic oxidation sites excluding steroid dienone is 1. The standard InChI is InChI=1S/C15H16N2O3/c1-10(17(18)19)8-11-9-16(2)13-5-6-14-12(15(11)13)4-3-7-20-14/h5-6,8-9H,3-4,7H2,1-2H3. The summed E-state index contributed by atoms with van der Waals surface area (Å²) >= 11 is 0. The van der Waals surface area contributed by atoms with Crippen LogP contribution in [0, 0.1) is 10.1 Å². The number of aromatic nitrogens is 1. The molecule has 20 heavy (non-hydrogen) atoms. The van der Waals surface area contributed by atoms with Crippen molar-refractivity contribution >= 4 is 17.0 Å². The molecule has 5 heteroatoms. The van der Waals surface area contributed by atoms with Crippen LogP contribution in [0.3, 0.4) is 0 Å². The van der Waals surface area contributed by atoms with Crippen molar-refractivity contribution in [2.75, 3.05) is 6.61 Å². The first-order valence-corrected chi connectivity index (χ1v) is 6.64. The zero-order chi connectivity index (χ0) is 14.3. The molecule has 1 aliphatic rings. The molecule has 0 atom stereocenters. The summed E-state index contributed by atoms with van der Waals surface area (Å²) < 4.78 is 7.69. The monoisotopic (exact) mass is 272 g/mol. The maximum absolute atomic E-state index is 10.8. The molecule has 0 aliphatic carbocycles. The summed E-state index contributed by atoms with van der Waals surface area (Å²) in [5.74, 6) is 0.906. The lowest BCUT2D eigenvalue weighted by Crippen LogP contribution is -2.08. The molecule has 0 spiro atoms. The van der Waals surface area contributed by atoms with Crippen LogP contribution < -0.4 is 4.74 Å². The molecule has 1 aliphatic heterocycles. The molecule has 1 aromatic heterocycles. The summed E-state index contributed by atoms with van der Waals surface area (Å²) in [6.07, 6.45) is 5.51. The normalized spacial score (nSPS) is 15.0. The number of nitro groups is 1. The van der Waals surface area contributed by atoms with E-state index in [1.54, 1.807) is 6.08 Å². The van der Waals surface area contributed by atoms with Gasteiger partial charge in [-0.15, -0.1) is 0 Å². The van der Waals surface area contributed by atoms with Crippen LogP contribution >= 0.6 is 0 Å². The number of hydrogen-bond acceptors (Lipinski definition) is 3. The highest BCUT2D eigenvalue weighted by Gasteiger charge is 2.18. The lowest BCUT2D eigenvalue weighted by Gasteiger charge is -2.18. The highest BCUT2D eigenvalue weighted by Crippen LogP contribution is 2.35. The van der Waals surface area contributed by atoms with Crippen LogP contribution in [0.15, 0.2) is 24.0 Å². The molecular weight excluding hydrogens is 256 g/mol. The SMILES string of the molecule is CC(=Cc1cn(C)c2ccc3c(c12)CCCO3)[N+](=O)[O-]. The smallest absolute Gasteiger partial charge is 0.243 e. The molecule has 0 unspecified atom stereocenters. The summed E-state index contributed by atoms with van der Waals surface area (Å²) in [6.45, 7) is 2.26. The van der Waals surface area contributed by atoms with Crippen molar-refractivity contribution < 1.29 is 9.66 Å². The van der Waals surface area contributed by atoms with Crippen molar-refractivity contribution in [1.82, 2.24) is 4.57 Å². The van der Waals surface area contributed by atoms with Gasteiger partial charge in [-0.25, -0.2) is 0 Å². The highest BCUT2D eigenvalue weighted by atomic mass is 16.6. The Hall–Kier alpha value is -2.30. The van der Waals surface area contributed by atoms with E-state index in [2.05, 4.69) is 0 Å². The Morgan fingerprint density at radius 3 is 3.05 bits per heavy atom. The number of benzene rings is 1. The fourth-order valence-electron chi connectivity index (χ4n) is 2.78. The van der Waals surface area contributed by atoms with Crippen molar-refractivity contribution in [2.24, 2.45) is 7.05 Å². The Labute approximate surface area is 116 Å². The summed E-state index contributed by atoms with van der Waals surface area (Å²) in [6, 6.07) is 4.00. The minimum atomic E-state index is -0.356. The quantitative estimate of drug-likeness (QED) is 0.623. The Kier molecular flexibility index (Phi) is 2.97. The van der Waals surface area contributed by atoms with Crippen LogP contribution in [0.25, 0.3) is 17.0 Å². The number of nitrogens with zero attached hydrogens (tertiary/aromatic N) is 2. The molecule has 2 heterocycles. The average Bonchev–Trinajstić information content (AvgIpc) is 2.75. The third kappa shape index (κ3) is 1.95. The first-order chi connectivity index (χ1) is 9.58. The zero-order valence-corrected chi connectivity index (χ0v) is 11.5. The number of hydrogen-bond donors (Lipinski definition) is 0. The molecular formula is C15H16N2O3. The Morgan fingerprint density at radius 2 is 2.30 bits per heavy atom. The van der Waals surface area contributed by atoms with Gasteiger partial charge in [0.1, 0.15) is 5.75 Å². The molecule has 2 aromatic rings. The number of aryl methyl sites for hydroxylation is 2. The Bertz CT molecular complexity index is 728. The molecule has 3 rings (SSSR count). The number of rotatable bonds is 2. The van der Waals surface area contributed by atoms with Gasteiger partial charge < -0.3 is 9.30 Å². The first kappa shape index (κ1) is 12.7. The molecule has 0 saturated carbocycles. The van der Waals surface area contributed by atoms with Gasteiger partial charge in [0.15, 0.2) is 0 Å². The van der Waals surface area contributed by atoms with E-state index in [1.807, 2.05) is 29.9 Å². The minimum Gasteiger partial charge on any atom is -0.493 e. The summed E-state index contributed by atoms with van der Waals surface area (Å²) in [5.41, 5.74) is 3.28. The van der Waals surface area contributed by atoms with Crippen molar-refractivity contribution in [3.63, 3.8) is 0 Å². The average molecular weight is 272 g/mol. The molecule has 104 valence electrons. The van der Waals surface area contributed by atoms with E-state index in [0.29, 0.717) is 0 Å². The van der Waals surface area contributed by atoms with Gasteiger partial charge in [-0.1, -0.05) is 0 Å². The number of ether oxygens (including phenoxy) is 1. The van der Waals surface area contributed by atoms with Crippen molar-refractivity contribution in [3.05, 3.63) is 45.3 Å². The first-order valence-electron chi connectivity index (χ1n) is 6.64. The third-order valence-corrected chi connectivity index (χ3v) is 3.73. The van der Waals surface area contributed by atoms with Crippen LogP contribution in [0.1, 0.15) is 24.5 Å². The predicted molar refractivity (Wildman–Crippen MR) is 77.4 cm³/mol. The van der Waals surface area contributed by atoms with Gasteiger partial charge in [0.2, 0.25) is 5.70 Å². The molecule has 1 aromatic carbocycles. The maximum atomic E-state index is 10.8. The molecule has 0 radical (unpaired) electrons. The Balaban J connectivity index is 2.27. The van der Waals surface area contributed by atoms with Crippen molar-refractivity contribution in [2.45, 2.75) is 19.8 Å². The van der Waals surface area contributed by atoms with E-state index in [0.717, 1.165) is 47.2 Å². The van der Waals surface area contributed by atoms with E-state index in [-0.39, 0.29) is 10.6 Å². The third-order valence-electron chi connectivity index (χ3n) is 3.73. The van der Waals surface area contributed by atoms with Gasteiger partial charge in [-0.3, -0.25) is 10.1 Å². The van der Waals surface area contributed by atoms with Gasteiger partial charge in [-0.2, -0.15) is 0 Å². The highest BCUT2D eigenvalue weighted by molar-refractivity contribution is 5.94. The fourth-order valence-corrected chi connectivity index (χ4v) is 2.78. The second-order valence-electron chi connectivity index (χ2n) is 5.13. The molecule has 0 fully saturated rings. The van der Waals surface area contributed by atoms with Gasteiger partial charge >= 0.3 is 0 Å². The molecule has 5 nitrogen and oxygen atoms in total. The van der Waals surface area contributed by atoms with Crippen LogP contribution in [-0.2, 0) is 13.5 Å². The van der Waals surface area contributed by atoms with E-state index < -0.39 is 0 Å². The van der Waals surface area contributed by atoms with Crippen molar-refractivity contribution in [3.8, 4) is 5.75 Å². The van der Waals surface area contributed by atoms with Gasteiger partial charge in [0.05, 0.1) is 11.5 Å². The number of fused-ring (bicyclic) bond motifs is 3. The van der Waals surface area contributed by atoms with E-state index in [9.17, 15) is 10.1 Å². The molecule has 0 N–H and O–H groups in total. The molecule has 0 bridgehead atoms. The largest absolute Gasteiger partial charge is 0.493 e. The maximum Gasteiger partial charge on any atom is 0.243 e. The van der Waals surface area contributed by atoms with Crippen LogP contribution in [0.5, 0.6) is 5.75 Å². The van der Waals surface area contributed by atoms with Gasteiger partial charge in [-0.05, 0) is 25.0 Å². The lowest BCUT2D eigenvalue weighted by molar-refractivity contribution is -0.422. The van der Waals surface area contributed by atoms with E-state index in [1.165, 1.54) is 6.92 Å².